The number of ether oxygens (including phenoxy) is 7. The number of aliphatic hydroxyl groups is 9. The number of hydrogen-bond acceptors (Lipinski definition) is 19. The lowest BCUT2D eigenvalue weighted by molar-refractivity contribution is -0.448. The monoisotopic (exact) mass is 1160 g/mol. The van der Waals surface area contributed by atoms with E-state index in [1.54, 1.807) is 0 Å². The molecule has 3 aliphatic rings. The molecular formula is C60H112N2O19. The maximum absolute atomic E-state index is 13.4. The summed E-state index contributed by atoms with van der Waals surface area (Å²) >= 11 is 0. The van der Waals surface area contributed by atoms with E-state index < -0.39 is 136 Å². The number of nitrogens with one attached hydrogen (secondary N) is 2. The summed E-state index contributed by atoms with van der Waals surface area (Å²) in [4.78, 5) is 37.9. The Morgan fingerprint density at radius 3 is 1.59 bits per heavy atom. The van der Waals surface area contributed by atoms with E-state index in [0.29, 0.717) is 12.8 Å². The molecule has 6 unspecified atom stereocenters. The lowest BCUT2D eigenvalue weighted by atomic mass is 9.87. The van der Waals surface area contributed by atoms with Crippen molar-refractivity contribution in [2.24, 2.45) is 5.92 Å². The highest BCUT2D eigenvalue weighted by Gasteiger charge is 2.58. The number of unbranched alkanes of at least 4 members (excludes halogenated alkanes) is 27. The minimum absolute atomic E-state index is 0.0603. The minimum Gasteiger partial charge on any atom is -0.410 e. The summed E-state index contributed by atoms with van der Waals surface area (Å²) in [5.41, 5.74) is 0. The first kappa shape index (κ1) is 73.1. The van der Waals surface area contributed by atoms with Gasteiger partial charge in [0.15, 0.2) is 12.6 Å². The first-order valence-electron chi connectivity index (χ1n) is 31.6. The highest BCUT2D eigenvalue weighted by Crippen LogP contribution is 2.40. The van der Waals surface area contributed by atoms with Gasteiger partial charge in [0, 0.05) is 19.3 Å². The average molecular weight is 1170 g/mol. The van der Waals surface area contributed by atoms with E-state index in [1.807, 2.05) is 0 Å². The highest BCUT2D eigenvalue weighted by atomic mass is 16.9. The molecular weight excluding hydrogens is 1050 g/mol. The van der Waals surface area contributed by atoms with Crippen LogP contribution in [0.5, 0.6) is 0 Å². The summed E-state index contributed by atoms with van der Waals surface area (Å²) in [6.07, 6.45) is 13.8. The molecule has 0 aliphatic carbocycles. The van der Waals surface area contributed by atoms with Gasteiger partial charge in [-0.2, -0.15) is 0 Å². The molecule has 0 aromatic carbocycles. The largest absolute Gasteiger partial charge is 0.410 e. The molecule has 11 N–H and O–H groups in total. The Morgan fingerprint density at radius 1 is 0.642 bits per heavy atom. The van der Waals surface area contributed by atoms with Gasteiger partial charge in [0.1, 0.15) is 61.0 Å². The highest BCUT2D eigenvalue weighted by molar-refractivity contribution is 5.76. The molecule has 3 fully saturated rings. The standard InChI is InChI=1S/C60H112N2O19/c1-5-7-9-11-13-15-16-17-18-19-20-21-22-23-24-25-26-27-29-31-33-35-49(70)62-44(34-32-30-28-14-12-10-8-6-2)40-75-58-50(61-43(4)67)53(73)56(48(39-65)78-58)79-59-54(74)57(52(72)47(38-64)77-59)81-60(76-41-66)36-45(68)42(3)55(80-60)51(71)46(69)37-63/h41-42,44-48,50-59,63-65,68-69,71-74H,5-40H2,1-4H3,(H,61,67)(H,62,70)/t42-,44?,45-,46-,47?,48?,50?,51-,52+,53-,54?,55?,56-,57+,58-,59+,60+/m1/s1. The van der Waals surface area contributed by atoms with Crippen LogP contribution in [0.2, 0.25) is 0 Å². The zero-order valence-electron chi connectivity index (χ0n) is 49.9. The van der Waals surface area contributed by atoms with Crippen molar-refractivity contribution in [1.82, 2.24) is 10.6 Å². The van der Waals surface area contributed by atoms with E-state index in [0.717, 1.165) is 51.4 Å². The third-order valence-corrected chi connectivity index (χ3v) is 16.4. The Hall–Kier alpha value is -2.19. The molecule has 0 saturated carbocycles. The summed E-state index contributed by atoms with van der Waals surface area (Å²) in [5, 5.41) is 103. The first-order valence-corrected chi connectivity index (χ1v) is 31.6. The Labute approximate surface area is 484 Å². The molecule has 0 bridgehead atoms. The minimum atomic E-state index is -2.64. The van der Waals surface area contributed by atoms with Crippen LogP contribution in [0.25, 0.3) is 0 Å². The molecule has 3 aliphatic heterocycles. The molecule has 0 spiro atoms. The van der Waals surface area contributed by atoms with Gasteiger partial charge in [0.05, 0.1) is 51.1 Å². The normalized spacial score (nSPS) is 29.9. The SMILES string of the molecule is CCCCCCCCCCCCCCCCCCCCCCCC(=O)NC(CCCCCCCCCC)CO[C@@H]1OC(CO)[C@@H](O[C@@H]2OC(CO)[C@H](O)[C@H](O[C@]3(OC=O)C[C@@H](O)[C@@H](C)C([C@H](O)[C@H](O)CO)O3)C2O)[C@H](O)C1NC(C)=O. The summed E-state index contributed by atoms with van der Waals surface area (Å²) in [5.74, 6) is -4.26. The van der Waals surface area contributed by atoms with Crippen molar-refractivity contribution >= 4 is 18.3 Å². The molecule has 21 nitrogen and oxygen atoms in total. The molecule has 0 aromatic heterocycles. The molecule has 0 radical (unpaired) electrons. The van der Waals surface area contributed by atoms with Crippen LogP contribution in [-0.4, -0.2) is 188 Å². The lowest BCUT2D eigenvalue weighted by Gasteiger charge is -2.50. The smallest absolute Gasteiger partial charge is 0.332 e. The lowest BCUT2D eigenvalue weighted by Crippen LogP contribution is -2.69. The zero-order chi connectivity index (χ0) is 59.4. The van der Waals surface area contributed by atoms with Crippen LogP contribution >= 0.6 is 0 Å². The fourth-order valence-corrected chi connectivity index (χ4v) is 11.4. The fraction of sp³-hybridized carbons (Fsp3) is 0.950. The number of hydrogen-bond donors (Lipinski definition) is 11. The van der Waals surface area contributed by atoms with E-state index in [-0.39, 0.29) is 19.0 Å². The Kier molecular flexibility index (Phi) is 38.4. The second-order valence-corrected chi connectivity index (χ2v) is 23.4. The van der Waals surface area contributed by atoms with Crippen LogP contribution in [0.15, 0.2) is 0 Å². The number of rotatable bonds is 47. The molecule has 2 amide bonds. The van der Waals surface area contributed by atoms with E-state index in [9.17, 15) is 60.3 Å². The second kappa shape index (κ2) is 42.6. The van der Waals surface area contributed by atoms with Crippen LogP contribution in [0.3, 0.4) is 0 Å². The maximum Gasteiger partial charge on any atom is 0.332 e. The maximum atomic E-state index is 13.4. The van der Waals surface area contributed by atoms with Gasteiger partial charge in [-0.3, -0.25) is 14.4 Å². The fourth-order valence-electron chi connectivity index (χ4n) is 11.4. The van der Waals surface area contributed by atoms with Gasteiger partial charge in [-0.25, -0.2) is 0 Å². The van der Waals surface area contributed by atoms with Gasteiger partial charge in [-0.1, -0.05) is 201 Å². The van der Waals surface area contributed by atoms with Crippen molar-refractivity contribution < 1.29 is 93.5 Å². The predicted octanol–water partition coefficient (Wildman–Crippen LogP) is 5.74. The van der Waals surface area contributed by atoms with Gasteiger partial charge in [-0.05, 0) is 12.8 Å². The Morgan fingerprint density at radius 2 is 1.12 bits per heavy atom. The quantitative estimate of drug-likeness (QED) is 0.0197. The molecule has 21 heteroatoms. The number of carbonyl (C=O) groups excluding carboxylic acids is 3. The number of carbonyl (C=O) groups is 3. The third-order valence-electron chi connectivity index (χ3n) is 16.4. The van der Waals surface area contributed by atoms with Gasteiger partial charge in [0.2, 0.25) is 11.8 Å². The Balaban J connectivity index is 1.58. The summed E-state index contributed by atoms with van der Waals surface area (Å²) in [7, 11) is 0. The molecule has 476 valence electrons. The second-order valence-electron chi connectivity index (χ2n) is 23.4. The topological polar surface area (TPSA) is 322 Å². The van der Waals surface area contributed by atoms with Crippen molar-refractivity contribution in [2.45, 2.75) is 331 Å². The summed E-state index contributed by atoms with van der Waals surface area (Å²) < 4.78 is 41.2. The zero-order valence-corrected chi connectivity index (χ0v) is 49.9. The predicted molar refractivity (Wildman–Crippen MR) is 303 cm³/mol. The van der Waals surface area contributed by atoms with Crippen molar-refractivity contribution in [1.29, 1.82) is 0 Å². The number of aliphatic hydroxyl groups excluding tert-OH is 9. The van der Waals surface area contributed by atoms with Crippen LogP contribution in [0.1, 0.15) is 233 Å². The molecule has 0 aromatic rings. The van der Waals surface area contributed by atoms with Gasteiger partial charge < -0.3 is 89.8 Å². The van der Waals surface area contributed by atoms with Gasteiger partial charge >= 0.3 is 5.97 Å². The van der Waals surface area contributed by atoms with E-state index in [1.165, 1.54) is 149 Å². The Bertz CT molecular complexity index is 1620. The van der Waals surface area contributed by atoms with Gasteiger partial charge in [0.25, 0.3) is 6.47 Å². The number of amides is 2. The van der Waals surface area contributed by atoms with Crippen LogP contribution in [-0.2, 0) is 47.5 Å². The third kappa shape index (κ3) is 27.0. The van der Waals surface area contributed by atoms with Crippen LogP contribution < -0.4 is 10.6 Å². The molecule has 3 saturated heterocycles. The van der Waals surface area contributed by atoms with Crippen molar-refractivity contribution in [2.75, 3.05) is 26.4 Å². The molecule has 17 atom stereocenters. The van der Waals surface area contributed by atoms with E-state index in [2.05, 4.69) is 24.5 Å². The van der Waals surface area contributed by atoms with Crippen LogP contribution in [0, 0.1) is 5.92 Å². The average Bonchev–Trinajstić information content (AvgIpc) is 3.46. The van der Waals surface area contributed by atoms with Crippen molar-refractivity contribution in [3.63, 3.8) is 0 Å². The van der Waals surface area contributed by atoms with Crippen molar-refractivity contribution in [3.05, 3.63) is 0 Å². The van der Waals surface area contributed by atoms with Gasteiger partial charge in [-0.15, -0.1) is 0 Å². The van der Waals surface area contributed by atoms with E-state index >= 15 is 0 Å². The summed E-state index contributed by atoms with van der Waals surface area (Å²) in [6.45, 7) is 4.37. The molecule has 3 rings (SSSR count). The van der Waals surface area contributed by atoms with Crippen molar-refractivity contribution in [3.8, 4) is 0 Å². The molecule has 3 heterocycles. The molecule has 81 heavy (non-hydrogen) atoms. The first-order chi connectivity index (χ1) is 39.1. The van der Waals surface area contributed by atoms with E-state index in [4.69, 9.17) is 33.2 Å². The van der Waals surface area contributed by atoms with Crippen LogP contribution in [0.4, 0.5) is 0 Å². The summed E-state index contributed by atoms with van der Waals surface area (Å²) in [6, 6.07) is -1.79.